The van der Waals surface area contributed by atoms with Gasteiger partial charge in [-0.3, -0.25) is 4.79 Å². The number of nitrogens with two attached hydrogens (primary N) is 1. The fourth-order valence-electron chi connectivity index (χ4n) is 2.60. The van der Waals surface area contributed by atoms with Gasteiger partial charge in [-0.15, -0.1) is 11.8 Å². The normalized spacial score (nSPS) is 16.2. The van der Waals surface area contributed by atoms with Crippen LogP contribution in [0.1, 0.15) is 19.6 Å². The van der Waals surface area contributed by atoms with E-state index in [4.69, 9.17) is 14.9 Å². The Bertz CT molecular complexity index is 781. The number of carbonyl (C=O) groups excluding carboxylic acids is 1. The molecule has 0 saturated carbocycles. The van der Waals surface area contributed by atoms with Gasteiger partial charge in [-0.25, -0.2) is 0 Å². The minimum atomic E-state index is -0.312. The average molecular weight is 332 g/mol. The Morgan fingerprint density at radius 3 is 2.96 bits per heavy atom. The number of hydrogen-bond acceptors (Lipinski definition) is 5. The zero-order chi connectivity index (χ0) is 16.6. The molecule has 0 aliphatic carbocycles. The monoisotopic (exact) mass is 332 g/mol. The molecular formula is C17H20N2O3S. The molecule has 122 valence electrons. The van der Waals surface area contributed by atoms with Crippen LogP contribution in [0.4, 0.5) is 0 Å². The highest BCUT2D eigenvalue weighted by molar-refractivity contribution is 8.03. The van der Waals surface area contributed by atoms with Crippen LogP contribution >= 0.6 is 11.8 Å². The first kappa shape index (κ1) is 15.8. The lowest BCUT2D eigenvalue weighted by Gasteiger charge is -2.24. The molecule has 0 fully saturated rings. The summed E-state index contributed by atoms with van der Waals surface area (Å²) in [6.07, 6.45) is 0. The molecule has 1 aliphatic rings. The number of allylic oxidation sites excluding steroid dienone is 1. The number of ether oxygens (including phenoxy) is 1. The summed E-state index contributed by atoms with van der Waals surface area (Å²) in [5, 5.41) is 1.04. The number of hydrogen-bond donors (Lipinski definition) is 1. The molecule has 0 bridgehead atoms. The molecule has 6 heteroatoms. The summed E-state index contributed by atoms with van der Waals surface area (Å²) in [6.45, 7) is 6.24. The van der Waals surface area contributed by atoms with Crippen molar-refractivity contribution in [3.05, 3.63) is 40.6 Å². The van der Waals surface area contributed by atoms with E-state index < -0.39 is 0 Å². The molecule has 0 spiro atoms. The summed E-state index contributed by atoms with van der Waals surface area (Å²) in [4.78, 5) is 14.5. The Morgan fingerprint density at radius 2 is 2.22 bits per heavy atom. The number of primary amides is 1. The fraction of sp³-hybridized carbons (Fsp3) is 0.353. The maximum Gasteiger partial charge on any atom is 0.239 e. The lowest BCUT2D eigenvalue weighted by molar-refractivity contribution is -0.121. The second-order valence-corrected chi connectivity index (χ2v) is 6.72. The van der Waals surface area contributed by atoms with Crippen LogP contribution in [-0.4, -0.2) is 29.3 Å². The number of aryl methyl sites for hydroxylation is 1. The van der Waals surface area contributed by atoms with E-state index >= 15 is 0 Å². The van der Waals surface area contributed by atoms with Gasteiger partial charge in [0.15, 0.2) is 0 Å². The first-order chi connectivity index (χ1) is 11.0. The van der Waals surface area contributed by atoms with Crippen molar-refractivity contribution < 1.29 is 13.9 Å². The topological polar surface area (TPSA) is 68.7 Å². The van der Waals surface area contributed by atoms with Crippen LogP contribution in [-0.2, 0) is 4.79 Å². The molecule has 1 aromatic heterocycles. The predicted octanol–water partition coefficient (Wildman–Crippen LogP) is 3.23. The molecule has 2 heterocycles. The van der Waals surface area contributed by atoms with Gasteiger partial charge >= 0.3 is 0 Å². The first-order valence-electron chi connectivity index (χ1n) is 7.47. The Balaban J connectivity index is 1.70. The number of amides is 1. The average Bonchev–Trinajstić information content (AvgIpc) is 3.05. The van der Waals surface area contributed by atoms with Gasteiger partial charge in [0.05, 0.1) is 5.88 Å². The van der Waals surface area contributed by atoms with E-state index in [-0.39, 0.29) is 11.9 Å². The summed E-state index contributed by atoms with van der Waals surface area (Å²) in [5.41, 5.74) is 7.31. The Labute approximate surface area is 139 Å². The molecule has 0 saturated heterocycles. The van der Waals surface area contributed by atoms with Crippen LogP contribution in [0, 0.1) is 6.92 Å². The smallest absolute Gasteiger partial charge is 0.239 e. The number of fused-ring (bicyclic) bond motifs is 1. The highest BCUT2D eigenvalue weighted by Gasteiger charge is 2.27. The molecule has 23 heavy (non-hydrogen) atoms. The van der Waals surface area contributed by atoms with Crippen molar-refractivity contribution in [2.45, 2.75) is 26.8 Å². The first-order valence-corrected chi connectivity index (χ1v) is 8.46. The minimum absolute atomic E-state index is 0.301. The molecule has 0 radical (unpaired) electrons. The quantitative estimate of drug-likeness (QED) is 0.910. The van der Waals surface area contributed by atoms with Gasteiger partial charge < -0.3 is 19.8 Å². The number of nitrogens with zero attached hydrogens (tertiary/aromatic N) is 1. The van der Waals surface area contributed by atoms with Crippen LogP contribution in [0.15, 0.2) is 39.3 Å². The van der Waals surface area contributed by atoms with E-state index in [1.165, 1.54) is 0 Å². The Kier molecular flexibility index (Phi) is 4.26. The van der Waals surface area contributed by atoms with Gasteiger partial charge in [-0.05, 0) is 45.0 Å². The van der Waals surface area contributed by atoms with Crippen molar-refractivity contribution in [1.82, 2.24) is 4.90 Å². The van der Waals surface area contributed by atoms with Crippen LogP contribution in [0.2, 0.25) is 0 Å². The number of benzene rings is 1. The van der Waals surface area contributed by atoms with Gasteiger partial charge in [0.1, 0.15) is 29.7 Å². The number of rotatable bonds is 5. The number of furan rings is 1. The molecule has 5 nitrogen and oxygen atoms in total. The van der Waals surface area contributed by atoms with Crippen molar-refractivity contribution in [2.75, 3.05) is 12.5 Å². The molecule has 2 aromatic rings. The third-order valence-corrected chi connectivity index (χ3v) is 5.24. The maximum absolute atomic E-state index is 11.4. The van der Waals surface area contributed by atoms with Crippen molar-refractivity contribution in [3.8, 4) is 5.75 Å². The largest absolute Gasteiger partial charge is 0.488 e. The van der Waals surface area contributed by atoms with Crippen LogP contribution in [0.5, 0.6) is 5.75 Å². The van der Waals surface area contributed by atoms with E-state index in [9.17, 15) is 4.79 Å². The molecule has 1 aliphatic heterocycles. The Hall–Kier alpha value is -2.08. The SMILES string of the molecule is CC1=C(COc2ccc3oc(C)cc3c2)SCN1[C@H](C)C(N)=O. The fourth-order valence-corrected chi connectivity index (χ4v) is 3.78. The van der Waals surface area contributed by atoms with Crippen LogP contribution in [0.25, 0.3) is 11.0 Å². The maximum atomic E-state index is 11.4. The van der Waals surface area contributed by atoms with E-state index in [0.717, 1.165) is 39.0 Å². The molecule has 3 rings (SSSR count). The van der Waals surface area contributed by atoms with E-state index in [2.05, 4.69) is 0 Å². The third-order valence-electron chi connectivity index (χ3n) is 4.07. The van der Waals surface area contributed by atoms with Gasteiger partial charge in [-0.1, -0.05) is 0 Å². The number of thioether (sulfide) groups is 1. The van der Waals surface area contributed by atoms with E-state index in [0.29, 0.717) is 6.61 Å². The van der Waals surface area contributed by atoms with E-state index in [1.54, 1.807) is 11.8 Å². The summed E-state index contributed by atoms with van der Waals surface area (Å²) in [5.74, 6) is 2.11. The second kappa shape index (κ2) is 6.20. The zero-order valence-corrected chi connectivity index (χ0v) is 14.3. The highest BCUT2D eigenvalue weighted by atomic mass is 32.2. The lowest BCUT2D eigenvalue weighted by Crippen LogP contribution is -2.40. The molecule has 2 N–H and O–H groups in total. The van der Waals surface area contributed by atoms with Crippen molar-refractivity contribution in [2.24, 2.45) is 5.73 Å². The van der Waals surface area contributed by atoms with Gasteiger partial charge in [-0.2, -0.15) is 0 Å². The van der Waals surface area contributed by atoms with Gasteiger partial charge in [0.25, 0.3) is 0 Å². The highest BCUT2D eigenvalue weighted by Crippen LogP contribution is 2.34. The molecule has 0 unspecified atom stereocenters. The van der Waals surface area contributed by atoms with Gasteiger partial charge in [0, 0.05) is 16.0 Å². The van der Waals surface area contributed by atoms with Crippen molar-refractivity contribution >= 4 is 28.6 Å². The van der Waals surface area contributed by atoms with Crippen molar-refractivity contribution in [3.63, 3.8) is 0 Å². The summed E-state index contributed by atoms with van der Waals surface area (Å²) >= 11 is 1.69. The van der Waals surface area contributed by atoms with Crippen LogP contribution < -0.4 is 10.5 Å². The molecule has 1 amide bonds. The molecular weight excluding hydrogens is 312 g/mol. The summed E-state index contributed by atoms with van der Waals surface area (Å²) in [7, 11) is 0. The number of carbonyl (C=O) groups is 1. The Morgan fingerprint density at radius 1 is 1.43 bits per heavy atom. The summed E-state index contributed by atoms with van der Waals surface area (Å²) in [6, 6.07) is 7.50. The molecule has 1 atom stereocenters. The van der Waals surface area contributed by atoms with Gasteiger partial charge in [0.2, 0.25) is 5.91 Å². The standard InChI is InChI=1S/C17H20N2O3S/c1-10-6-13-7-14(4-5-15(13)22-10)21-8-16-11(2)19(9-23-16)12(3)17(18)20/h4-7,12H,8-9H2,1-3H3,(H2,18,20)/t12-/m1/s1. The predicted molar refractivity (Wildman–Crippen MR) is 92.1 cm³/mol. The van der Waals surface area contributed by atoms with Crippen LogP contribution in [0.3, 0.4) is 0 Å². The lowest BCUT2D eigenvalue weighted by atomic mass is 10.2. The minimum Gasteiger partial charge on any atom is -0.488 e. The zero-order valence-electron chi connectivity index (χ0n) is 13.5. The summed E-state index contributed by atoms with van der Waals surface area (Å²) < 4.78 is 11.5. The van der Waals surface area contributed by atoms with Crippen molar-refractivity contribution in [1.29, 1.82) is 0 Å². The molecule has 1 aromatic carbocycles. The van der Waals surface area contributed by atoms with E-state index in [1.807, 2.05) is 49.9 Å². The second-order valence-electron chi connectivity index (χ2n) is 5.68. The third kappa shape index (κ3) is 3.17.